The number of nitrogens with zero attached hydrogens (tertiary/aromatic N) is 3. The highest BCUT2D eigenvalue weighted by atomic mass is 32.1. The van der Waals surface area contributed by atoms with Gasteiger partial charge in [-0.1, -0.05) is 60.7 Å². The Morgan fingerprint density at radius 2 is 1.81 bits per heavy atom. The standard InChI is InChI=1S/C20H16N4OS/c1-25-18-12-11-14-7-5-6-10-16(14)17(18)13-21-24-19(22-23-20(24)26)15-8-3-2-4-9-15/h2-13H,1H3,(H,23,26)/b21-13-. The number of aromatic nitrogens is 3. The predicted octanol–water partition coefficient (Wildman–Crippen LogP) is 4.65. The first-order chi connectivity index (χ1) is 12.8. The van der Waals surface area contributed by atoms with Crippen LogP contribution in [0.2, 0.25) is 0 Å². The molecule has 0 spiro atoms. The van der Waals surface area contributed by atoms with E-state index in [0.29, 0.717) is 10.6 Å². The maximum Gasteiger partial charge on any atom is 0.216 e. The molecule has 6 heteroatoms. The van der Waals surface area contributed by atoms with Crippen LogP contribution < -0.4 is 4.74 Å². The van der Waals surface area contributed by atoms with Gasteiger partial charge in [-0.05, 0) is 29.1 Å². The Bertz CT molecular complexity index is 1150. The molecular formula is C20H16N4OS. The Hall–Kier alpha value is -3.25. The first-order valence-corrected chi connectivity index (χ1v) is 8.51. The summed E-state index contributed by atoms with van der Waals surface area (Å²) in [6, 6.07) is 21.9. The molecule has 0 bridgehead atoms. The lowest BCUT2D eigenvalue weighted by molar-refractivity contribution is 0.415. The molecule has 26 heavy (non-hydrogen) atoms. The van der Waals surface area contributed by atoms with Gasteiger partial charge in [-0.25, -0.2) is 5.10 Å². The molecule has 5 nitrogen and oxygen atoms in total. The van der Waals surface area contributed by atoms with Crippen molar-refractivity contribution in [2.45, 2.75) is 0 Å². The van der Waals surface area contributed by atoms with Gasteiger partial charge in [0.25, 0.3) is 0 Å². The minimum absolute atomic E-state index is 0.430. The molecule has 1 N–H and O–H groups in total. The number of aromatic amines is 1. The van der Waals surface area contributed by atoms with Crippen LogP contribution in [0.1, 0.15) is 5.56 Å². The van der Waals surface area contributed by atoms with Crippen LogP contribution in [0, 0.1) is 4.77 Å². The fourth-order valence-electron chi connectivity index (χ4n) is 2.88. The van der Waals surface area contributed by atoms with E-state index in [2.05, 4.69) is 21.4 Å². The van der Waals surface area contributed by atoms with E-state index in [0.717, 1.165) is 27.6 Å². The van der Waals surface area contributed by atoms with Crippen molar-refractivity contribution in [1.82, 2.24) is 14.9 Å². The molecular weight excluding hydrogens is 344 g/mol. The van der Waals surface area contributed by atoms with Crippen molar-refractivity contribution >= 4 is 29.2 Å². The predicted molar refractivity (Wildman–Crippen MR) is 106 cm³/mol. The normalized spacial score (nSPS) is 11.3. The van der Waals surface area contributed by atoms with Crippen LogP contribution in [0.3, 0.4) is 0 Å². The minimum Gasteiger partial charge on any atom is -0.496 e. The van der Waals surface area contributed by atoms with Crippen molar-refractivity contribution in [3.8, 4) is 17.1 Å². The summed E-state index contributed by atoms with van der Waals surface area (Å²) in [5.41, 5.74) is 1.83. The number of H-pyrrole nitrogens is 1. The number of hydrogen-bond donors (Lipinski definition) is 1. The number of methoxy groups -OCH3 is 1. The fraction of sp³-hybridized carbons (Fsp3) is 0.0500. The number of hydrogen-bond acceptors (Lipinski definition) is 4. The maximum absolute atomic E-state index is 5.52. The monoisotopic (exact) mass is 360 g/mol. The van der Waals surface area contributed by atoms with Crippen LogP contribution in [0.5, 0.6) is 5.75 Å². The highest BCUT2D eigenvalue weighted by Crippen LogP contribution is 2.26. The number of benzene rings is 3. The summed E-state index contributed by atoms with van der Waals surface area (Å²) < 4.78 is 7.57. The van der Waals surface area contributed by atoms with Crippen LogP contribution in [0.15, 0.2) is 71.8 Å². The molecule has 128 valence electrons. The van der Waals surface area contributed by atoms with E-state index in [-0.39, 0.29) is 0 Å². The van der Waals surface area contributed by atoms with Gasteiger partial charge < -0.3 is 4.74 Å². The largest absolute Gasteiger partial charge is 0.496 e. The van der Waals surface area contributed by atoms with Gasteiger partial charge in [-0.15, -0.1) is 0 Å². The smallest absolute Gasteiger partial charge is 0.216 e. The van der Waals surface area contributed by atoms with Crippen LogP contribution in [0.25, 0.3) is 22.2 Å². The number of ether oxygens (including phenoxy) is 1. The lowest BCUT2D eigenvalue weighted by atomic mass is 10.0. The molecule has 0 aliphatic heterocycles. The summed E-state index contributed by atoms with van der Waals surface area (Å²) in [6.07, 6.45) is 1.76. The van der Waals surface area contributed by atoms with Gasteiger partial charge in [-0.3, -0.25) is 0 Å². The van der Waals surface area contributed by atoms with Crippen molar-refractivity contribution in [3.63, 3.8) is 0 Å². The second kappa shape index (κ2) is 6.93. The average Bonchev–Trinajstić information content (AvgIpc) is 3.07. The van der Waals surface area contributed by atoms with Crippen LogP contribution in [-0.2, 0) is 0 Å². The van der Waals surface area contributed by atoms with E-state index in [4.69, 9.17) is 17.0 Å². The lowest BCUT2D eigenvalue weighted by Crippen LogP contribution is -1.97. The molecule has 4 aromatic rings. The second-order valence-corrected chi connectivity index (χ2v) is 6.06. The maximum atomic E-state index is 5.52. The zero-order valence-electron chi connectivity index (χ0n) is 14.1. The summed E-state index contributed by atoms with van der Waals surface area (Å²) in [4.78, 5) is 0. The molecule has 0 saturated carbocycles. The summed E-state index contributed by atoms with van der Waals surface area (Å²) >= 11 is 5.35. The van der Waals surface area contributed by atoms with E-state index < -0.39 is 0 Å². The molecule has 1 heterocycles. The van der Waals surface area contributed by atoms with Gasteiger partial charge in [0.05, 0.1) is 13.3 Å². The van der Waals surface area contributed by atoms with Gasteiger partial charge in [0.15, 0.2) is 5.82 Å². The molecule has 0 fully saturated rings. The van der Waals surface area contributed by atoms with Gasteiger partial charge in [0.1, 0.15) is 5.75 Å². The third kappa shape index (κ3) is 2.91. The quantitative estimate of drug-likeness (QED) is 0.426. The van der Waals surface area contributed by atoms with Crippen molar-refractivity contribution in [2.24, 2.45) is 5.10 Å². The average molecular weight is 360 g/mol. The minimum atomic E-state index is 0.430. The molecule has 0 saturated heterocycles. The van der Waals surface area contributed by atoms with Crippen molar-refractivity contribution in [2.75, 3.05) is 7.11 Å². The molecule has 0 unspecified atom stereocenters. The first kappa shape index (κ1) is 16.2. The zero-order valence-corrected chi connectivity index (χ0v) is 14.9. The number of fused-ring (bicyclic) bond motifs is 1. The third-order valence-electron chi connectivity index (χ3n) is 4.14. The van der Waals surface area contributed by atoms with Gasteiger partial charge in [0.2, 0.25) is 4.77 Å². The summed E-state index contributed by atoms with van der Waals surface area (Å²) in [7, 11) is 1.65. The molecule has 0 aliphatic carbocycles. The summed E-state index contributed by atoms with van der Waals surface area (Å²) in [5.74, 6) is 1.41. The van der Waals surface area contributed by atoms with Crippen molar-refractivity contribution in [3.05, 3.63) is 77.1 Å². The first-order valence-electron chi connectivity index (χ1n) is 8.11. The van der Waals surface area contributed by atoms with Gasteiger partial charge in [-0.2, -0.15) is 14.9 Å². The molecule has 0 radical (unpaired) electrons. The SMILES string of the molecule is COc1ccc2ccccc2c1/C=N\n1c(-c2ccccc2)n[nH]c1=S. The Morgan fingerprint density at radius 3 is 2.62 bits per heavy atom. The Labute approximate surface area is 155 Å². The van der Waals surface area contributed by atoms with Crippen LogP contribution in [-0.4, -0.2) is 28.2 Å². The second-order valence-electron chi connectivity index (χ2n) is 5.68. The van der Waals surface area contributed by atoms with Gasteiger partial charge in [0, 0.05) is 11.1 Å². The van der Waals surface area contributed by atoms with E-state index in [1.807, 2.05) is 60.7 Å². The van der Waals surface area contributed by atoms with Crippen LogP contribution >= 0.6 is 12.2 Å². The Balaban J connectivity index is 1.85. The van der Waals surface area contributed by atoms with E-state index >= 15 is 0 Å². The fourth-order valence-corrected chi connectivity index (χ4v) is 3.05. The topological polar surface area (TPSA) is 55.2 Å². The van der Waals surface area contributed by atoms with Crippen molar-refractivity contribution in [1.29, 1.82) is 0 Å². The van der Waals surface area contributed by atoms with E-state index in [1.54, 1.807) is 18.0 Å². The molecule has 0 amide bonds. The van der Waals surface area contributed by atoms with Gasteiger partial charge >= 0.3 is 0 Å². The molecule has 4 rings (SSSR count). The highest BCUT2D eigenvalue weighted by Gasteiger charge is 2.09. The molecule has 1 aromatic heterocycles. The summed E-state index contributed by atoms with van der Waals surface area (Å²) in [5, 5.41) is 13.9. The van der Waals surface area contributed by atoms with Crippen LogP contribution in [0.4, 0.5) is 0 Å². The van der Waals surface area contributed by atoms with E-state index in [1.165, 1.54) is 0 Å². The van der Waals surface area contributed by atoms with E-state index in [9.17, 15) is 0 Å². The highest BCUT2D eigenvalue weighted by molar-refractivity contribution is 7.71. The zero-order chi connectivity index (χ0) is 17.9. The molecule has 0 atom stereocenters. The number of rotatable bonds is 4. The molecule has 0 aliphatic rings. The van der Waals surface area contributed by atoms with Crippen molar-refractivity contribution < 1.29 is 4.74 Å². The molecule has 3 aromatic carbocycles. The Morgan fingerprint density at radius 1 is 1.04 bits per heavy atom. The third-order valence-corrected chi connectivity index (χ3v) is 4.40. The number of nitrogens with one attached hydrogen (secondary N) is 1. The summed E-state index contributed by atoms with van der Waals surface area (Å²) in [6.45, 7) is 0. The lowest BCUT2D eigenvalue weighted by Gasteiger charge is -2.08. The Kier molecular flexibility index (Phi) is 4.33.